The van der Waals surface area contributed by atoms with Crippen LogP contribution in [0.4, 0.5) is 17.3 Å². The summed E-state index contributed by atoms with van der Waals surface area (Å²) in [4.78, 5) is 13.4. The Labute approximate surface area is 245 Å². The lowest BCUT2D eigenvalue weighted by molar-refractivity contribution is -0.136. The Morgan fingerprint density at radius 3 is 2.27 bits per heavy atom. The van der Waals surface area contributed by atoms with Gasteiger partial charge in [0.1, 0.15) is 0 Å². The Bertz CT molecular complexity index is 1570. The molecule has 0 unspecified atom stereocenters. The second kappa shape index (κ2) is 11.9. The van der Waals surface area contributed by atoms with Crippen LogP contribution in [-0.4, -0.2) is 48.2 Å². The van der Waals surface area contributed by atoms with Crippen LogP contribution in [0.2, 0.25) is 0 Å². The van der Waals surface area contributed by atoms with Crippen molar-refractivity contribution in [1.29, 1.82) is 0 Å². The van der Waals surface area contributed by atoms with Gasteiger partial charge in [-0.05, 0) is 97.8 Å². The molecule has 3 N–H and O–H groups in total. The summed E-state index contributed by atoms with van der Waals surface area (Å²) in [6.07, 6.45) is 2.03. The van der Waals surface area contributed by atoms with Crippen molar-refractivity contribution < 1.29 is 15.0 Å². The molecular formula is C31H38N6O3S. The molecule has 4 aromatic rings. The smallest absolute Gasteiger partial charge is 0.307 e. The van der Waals surface area contributed by atoms with Gasteiger partial charge in [0, 0.05) is 17.5 Å². The molecular weight excluding hydrogens is 536 g/mol. The predicted octanol–water partition coefficient (Wildman–Crippen LogP) is 6.22. The first-order valence-corrected chi connectivity index (χ1v) is 14.6. The number of aryl methyl sites for hydroxylation is 2. The lowest BCUT2D eigenvalue weighted by Crippen LogP contribution is -2.22. The minimum Gasteiger partial charge on any atom is -0.481 e. The van der Waals surface area contributed by atoms with E-state index in [1.165, 1.54) is 15.9 Å². The lowest BCUT2D eigenvalue weighted by Gasteiger charge is -2.36. The summed E-state index contributed by atoms with van der Waals surface area (Å²) in [7, 11) is 1.73. The highest BCUT2D eigenvalue weighted by atomic mass is 32.2. The number of hydrogen-bond acceptors (Lipinski definition) is 8. The number of nitrogens with one attached hydrogen (secondary N) is 1. The molecule has 3 aromatic carbocycles. The summed E-state index contributed by atoms with van der Waals surface area (Å²) >= 11 is 1.65. The maximum atomic E-state index is 11.9. The van der Waals surface area contributed by atoms with Crippen molar-refractivity contribution in [2.24, 2.45) is 7.05 Å². The van der Waals surface area contributed by atoms with Crippen molar-refractivity contribution in [2.45, 2.75) is 60.1 Å². The van der Waals surface area contributed by atoms with E-state index >= 15 is 0 Å². The SMILES string of the molecule is CC(C)(C)O.CSN1Cc2cc(Nc3nnn(C)n3)ccc2-c2c(C)c(-c3ccc(C)cc3)c(CC(=O)O)c(C)c21. The molecule has 2 heterocycles. The van der Waals surface area contributed by atoms with E-state index in [1.54, 1.807) is 39.8 Å². The van der Waals surface area contributed by atoms with E-state index in [0.717, 1.165) is 50.3 Å². The van der Waals surface area contributed by atoms with E-state index in [9.17, 15) is 9.90 Å². The topological polar surface area (TPSA) is 116 Å². The second-order valence-corrected chi connectivity index (χ2v) is 12.1. The van der Waals surface area contributed by atoms with Crippen molar-refractivity contribution in [3.8, 4) is 22.3 Å². The van der Waals surface area contributed by atoms with Crippen LogP contribution in [-0.2, 0) is 24.8 Å². The van der Waals surface area contributed by atoms with Crippen LogP contribution >= 0.6 is 11.9 Å². The molecule has 0 aliphatic carbocycles. The molecule has 0 bridgehead atoms. The van der Waals surface area contributed by atoms with E-state index < -0.39 is 11.6 Å². The Morgan fingerprint density at radius 1 is 1.05 bits per heavy atom. The summed E-state index contributed by atoms with van der Waals surface area (Å²) in [6.45, 7) is 12.2. The molecule has 216 valence electrons. The molecule has 0 fully saturated rings. The van der Waals surface area contributed by atoms with Crippen LogP contribution in [0, 0.1) is 20.8 Å². The third-order valence-electron chi connectivity index (χ3n) is 6.69. The number of nitrogens with zero attached hydrogens (tertiary/aromatic N) is 5. The van der Waals surface area contributed by atoms with Crippen LogP contribution in [0.15, 0.2) is 42.5 Å². The van der Waals surface area contributed by atoms with Crippen molar-refractivity contribution >= 4 is 35.2 Å². The first-order valence-electron chi connectivity index (χ1n) is 13.4. The van der Waals surface area contributed by atoms with Gasteiger partial charge in [-0.15, -0.1) is 5.10 Å². The molecule has 0 radical (unpaired) electrons. The van der Waals surface area contributed by atoms with Gasteiger partial charge in [0.25, 0.3) is 5.95 Å². The number of tetrazole rings is 1. The molecule has 1 aliphatic rings. The summed E-state index contributed by atoms with van der Waals surface area (Å²) in [5.74, 6) is -0.381. The third kappa shape index (κ3) is 6.89. The zero-order chi connectivity index (χ0) is 30.1. The molecule has 1 aliphatic heterocycles. The number of carbonyl (C=O) groups is 1. The number of carboxylic acids is 1. The average molecular weight is 575 g/mol. The van der Waals surface area contributed by atoms with Gasteiger partial charge in [-0.1, -0.05) is 52.9 Å². The fourth-order valence-corrected chi connectivity index (χ4v) is 5.75. The van der Waals surface area contributed by atoms with Crippen LogP contribution in [0.25, 0.3) is 22.3 Å². The molecule has 0 spiro atoms. The maximum absolute atomic E-state index is 11.9. The largest absolute Gasteiger partial charge is 0.481 e. The molecule has 0 saturated carbocycles. The van der Waals surface area contributed by atoms with Gasteiger partial charge in [0.15, 0.2) is 0 Å². The fraction of sp³-hybridized carbons (Fsp3) is 0.355. The molecule has 10 heteroatoms. The van der Waals surface area contributed by atoms with Gasteiger partial charge in [0.05, 0.1) is 31.3 Å². The van der Waals surface area contributed by atoms with E-state index in [-0.39, 0.29) is 6.42 Å². The Hall–Kier alpha value is -3.89. The van der Waals surface area contributed by atoms with Gasteiger partial charge in [0.2, 0.25) is 0 Å². The summed E-state index contributed by atoms with van der Waals surface area (Å²) in [5.41, 5.74) is 11.2. The summed E-state index contributed by atoms with van der Waals surface area (Å²) in [6, 6.07) is 14.6. The standard InChI is InChI=1S/C27H28N6O2S.C4H10O/c1-15-6-8-18(9-7-15)24-17(3)25-21-11-10-20(28-27-29-31-32(4)30-27)12-19(21)14-33(36-5)26(25)16(2)22(24)13-23(34)35;1-4(2,3)5/h6-12H,13-14H2,1-5H3,(H,28,30)(H,34,35);5H,1-3H3. The van der Waals surface area contributed by atoms with Gasteiger partial charge in [-0.25, -0.2) is 0 Å². The quantitative estimate of drug-likeness (QED) is 0.231. The van der Waals surface area contributed by atoms with Gasteiger partial charge in [-0.3, -0.25) is 4.79 Å². The molecule has 0 amide bonds. The number of hydrogen-bond donors (Lipinski definition) is 3. The van der Waals surface area contributed by atoms with E-state index in [1.807, 2.05) is 6.07 Å². The Kier molecular flexibility index (Phi) is 8.74. The van der Waals surface area contributed by atoms with Crippen LogP contribution in [0.3, 0.4) is 0 Å². The monoisotopic (exact) mass is 574 g/mol. The van der Waals surface area contributed by atoms with Gasteiger partial charge >= 0.3 is 5.97 Å². The zero-order valence-electron chi connectivity index (χ0n) is 24.9. The second-order valence-electron chi connectivity index (χ2n) is 11.3. The van der Waals surface area contributed by atoms with E-state index in [4.69, 9.17) is 5.11 Å². The van der Waals surface area contributed by atoms with Crippen molar-refractivity contribution in [1.82, 2.24) is 20.2 Å². The number of benzene rings is 3. The number of carboxylic acid groups (broad SMARTS) is 1. The highest BCUT2D eigenvalue weighted by molar-refractivity contribution is 7.99. The third-order valence-corrected chi connectivity index (χ3v) is 7.44. The van der Waals surface area contributed by atoms with Crippen LogP contribution in [0.1, 0.15) is 48.6 Å². The minimum atomic E-state index is -0.828. The highest BCUT2D eigenvalue weighted by Crippen LogP contribution is 2.50. The van der Waals surface area contributed by atoms with Gasteiger partial charge < -0.3 is 19.8 Å². The average Bonchev–Trinajstić information content (AvgIpc) is 3.29. The minimum absolute atomic E-state index is 0.0216. The number of aromatic nitrogens is 4. The van der Waals surface area contributed by atoms with E-state index in [0.29, 0.717) is 12.5 Å². The first kappa shape index (κ1) is 30.1. The van der Waals surface area contributed by atoms with Gasteiger partial charge in [-0.2, -0.15) is 4.80 Å². The van der Waals surface area contributed by atoms with E-state index in [2.05, 4.69) is 88.5 Å². The Morgan fingerprint density at radius 2 is 1.71 bits per heavy atom. The summed E-state index contributed by atoms with van der Waals surface area (Å²) in [5, 5.41) is 33.7. The first-order chi connectivity index (χ1) is 19.3. The molecule has 41 heavy (non-hydrogen) atoms. The van der Waals surface area contributed by atoms with Crippen molar-refractivity contribution in [3.05, 3.63) is 70.3 Å². The molecule has 5 rings (SSSR count). The molecule has 0 saturated heterocycles. The normalized spacial score (nSPS) is 12.3. The molecule has 1 aromatic heterocycles. The number of anilines is 3. The van der Waals surface area contributed by atoms with Crippen LogP contribution in [0.5, 0.6) is 0 Å². The molecule has 0 atom stereocenters. The number of aliphatic carboxylic acids is 1. The van der Waals surface area contributed by atoms with Crippen molar-refractivity contribution in [3.63, 3.8) is 0 Å². The highest BCUT2D eigenvalue weighted by Gasteiger charge is 2.30. The number of fused-ring (bicyclic) bond motifs is 3. The fourth-order valence-electron chi connectivity index (χ4n) is 5.07. The predicted molar refractivity (Wildman–Crippen MR) is 167 cm³/mol. The lowest BCUT2D eigenvalue weighted by atomic mass is 9.81. The number of aliphatic hydroxyl groups is 1. The van der Waals surface area contributed by atoms with Crippen molar-refractivity contribution in [2.75, 3.05) is 15.9 Å². The Balaban J connectivity index is 0.000000714. The number of rotatable bonds is 6. The maximum Gasteiger partial charge on any atom is 0.307 e. The summed E-state index contributed by atoms with van der Waals surface area (Å²) < 4.78 is 2.26. The zero-order valence-corrected chi connectivity index (χ0v) is 25.7. The van der Waals surface area contributed by atoms with Crippen LogP contribution < -0.4 is 9.62 Å². The molecule has 9 nitrogen and oxygen atoms in total.